The molecule has 0 aliphatic carbocycles. The van der Waals surface area contributed by atoms with E-state index in [1.54, 1.807) is 0 Å². The van der Waals surface area contributed by atoms with Gasteiger partial charge in [0.2, 0.25) is 0 Å². The van der Waals surface area contributed by atoms with E-state index in [0.717, 1.165) is 24.2 Å². The highest BCUT2D eigenvalue weighted by Crippen LogP contribution is 2.49. The summed E-state index contributed by atoms with van der Waals surface area (Å²) in [6, 6.07) is 7.65. The molecule has 2 bridgehead atoms. The van der Waals surface area contributed by atoms with Crippen LogP contribution in [0.1, 0.15) is 31.2 Å². The van der Waals surface area contributed by atoms with Crippen molar-refractivity contribution in [2.24, 2.45) is 0 Å². The van der Waals surface area contributed by atoms with Crippen molar-refractivity contribution in [1.29, 1.82) is 5.26 Å². The molecule has 1 aromatic carbocycles. The summed E-state index contributed by atoms with van der Waals surface area (Å²) >= 11 is 0. The monoisotopic (exact) mass is 255 g/mol. The molecule has 0 saturated carbocycles. The van der Waals surface area contributed by atoms with Gasteiger partial charge in [-0.3, -0.25) is 0 Å². The number of benzene rings is 1. The van der Waals surface area contributed by atoms with Crippen LogP contribution in [0, 0.1) is 11.2 Å². The Morgan fingerprint density at radius 2 is 2.05 bits per heavy atom. The Balaban J connectivity index is 1.67. The maximum Gasteiger partial charge on any atom is 0.274 e. The lowest BCUT2D eigenvalue weighted by molar-refractivity contribution is 0.175. The summed E-state index contributed by atoms with van der Waals surface area (Å²) in [5.41, 5.74) is 0.881. The number of fused-ring (bicyclic) bond motifs is 2. The third kappa shape index (κ3) is 2.48. The molecule has 3 rings (SSSR count). The second-order valence-electron chi connectivity index (χ2n) is 5.77. The van der Waals surface area contributed by atoms with Gasteiger partial charge in [-0.25, -0.2) is 5.26 Å². The van der Waals surface area contributed by atoms with E-state index in [-0.39, 0.29) is 19.4 Å². The van der Waals surface area contributed by atoms with Crippen LogP contribution in [-0.4, -0.2) is 17.9 Å². The van der Waals surface area contributed by atoms with Crippen LogP contribution in [-0.2, 0) is 6.61 Å². The largest absolute Gasteiger partial charge is 0.490 e. The second-order valence-corrected chi connectivity index (χ2v) is 5.77. The zero-order valence-corrected chi connectivity index (χ0v) is 11.0. The van der Waals surface area contributed by atoms with Gasteiger partial charge >= 0.3 is 0 Å². The van der Waals surface area contributed by atoms with Crippen LogP contribution in [0.5, 0.6) is 5.75 Å². The van der Waals surface area contributed by atoms with Crippen LogP contribution in [0.25, 0.3) is 0 Å². The second kappa shape index (κ2) is 5.26. The lowest BCUT2D eigenvalue weighted by Gasteiger charge is -2.30. The molecule has 2 heterocycles. The fraction of sp³-hybridized carbons (Fsp3) is 0.533. The summed E-state index contributed by atoms with van der Waals surface area (Å²) in [6.07, 6.45) is 4.59. The Kier molecular flexibility index (Phi) is 3.48. The number of hydrogen-bond acceptors (Lipinski definition) is 3. The maximum absolute atomic E-state index is 9.20. The van der Waals surface area contributed by atoms with E-state index >= 15 is 0 Å². The van der Waals surface area contributed by atoms with E-state index in [2.05, 4.69) is 5.97 Å². The molecule has 0 aromatic heterocycles. The molecule has 19 heavy (non-hydrogen) atoms. The molecule has 2 saturated heterocycles. The van der Waals surface area contributed by atoms with Crippen molar-refractivity contribution in [3.63, 3.8) is 0 Å². The average Bonchev–Trinajstić information content (AvgIpc) is 2.69. The van der Waals surface area contributed by atoms with Gasteiger partial charge in [0.15, 0.2) is 0 Å². The Labute approximate surface area is 114 Å². The van der Waals surface area contributed by atoms with Gasteiger partial charge in [-0.05, 0) is 42.2 Å². The summed E-state index contributed by atoms with van der Waals surface area (Å²) in [5.74, 6) is 4.37. The lowest BCUT2D eigenvalue weighted by atomic mass is 9.35. The first-order valence-electron chi connectivity index (χ1n) is 7.06. The van der Waals surface area contributed by atoms with Gasteiger partial charge in [-0.1, -0.05) is 25.0 Å². The van der Waals surface area contributed by atoms with E-state index < -0.39 is 0 Å². The van der Waals surface area contributed by atoms with Crippen LogP contribution in [0.4, 0.5) is 0 Å². The number of rotatable bonds is 3. The Morgan fingerprint density at radius 3 is 2.68 bits per heavy atom. The molecule has 0 spiro atoms. The highest BCUT2D eigenvalue weighted by molar-refractivity contribution is 6.70. The summed E-state index contributed by atoms with van der Waals surface area (Å²) in [7, 11) is 0. The molecule has 1 N–H and O–H groups in total. The molecule has 2 aliphatic rings. The molecule has 2 fully saturated rings. The smallest absolute Gasteiger partial charge is 0.274 e. The van der Waals surface area contributed by atoms with E-state index in [1.807, 2.05) is 24.3 Å². The van der Waals surface area contributed by atoms with Crippen molar-refractivity contribution < 1.29 is 9.84 Å². The van der Waals surface area contributed by atoms with Gasteiger partial charge in [0, 0.05) is 5.97 Å². The summed E-state index contributed by atoms with van der Waals surface area (Å²) in [4.78, 5) is 0. The summed E-state index contributed by atoms with van der Waals surface area (Å²) in [5, 5.41) is 18.3. The third-order valence-corrected chi connectivity index (χ3v) is 4.59. The fourth-order valence-electron chi connectivity index (χ4n) is 3.69. The quantitative estimate of drug-likeness (QED) is 0.845. The number of nitriles is 1. The molecule has 3 nitrogen and oxygen atoms in total. The van der Waals surface area contributed by atoms with Gasteiger partial charge in [0.05, 0.1) is 12.7 Å². The number of aliphatic hydroxyl groups is 1. The Morgan fingerprint density at radius 1 is 1.32 bits per heavy atom. The van der Waals surface area contributed by atoms with Crippen molar-refractivity contribution in [2.75, 3.05) is 0 Å². The molecule has 1 unspecified atom stereocenters. The molecule has 0 radical (unpaired) electrons. The Bertz CT molecular complexity index is 485. The SMILES string of the molecule is N#CB1[C@@H]2CC[C@H]1CC(Oc1cccc(CO)c1)C2. The van der Waals surface area contributed by atoms with Crippen molar-refractivity contribution in [3.05, 3.63) is 29.8 Å². The highest BCUT2D eigenvalue weighted by Gasteiger charge is 2.46. The van der Waals surface area contributed by atoms with E-state index in [0.29, 0.717) is 11.6 Å². The predicted octanol–water partition coefficient (Wildman–Crippen LogP) is 2.81. The number of ether oxygens (including phenoxy) is 1. The minimum Gasteiger partial charge on any atom is -0.490 e. The van der Waals surface area contributed by atoms with Gasteiger partial charge in [-0.15, -0.1) is 0 Å². The minimum absolute atomic E-state index is 0.0453. The lowest BCUT2D eigenvalue weighted by Crippen LogP contribution is -2.33. The van der Waals surface area contributed by atoms with Crippen LogP contribution in [0.2, 0.25) is 11.6 Å². The van der Waals surface area contributed by atoms with Gasteiger partial charge in [0.25, 0.3) is 6.71 Å². The Hall–Kier alpha value is -1.47. The molecule has 98 valence electrons. The molecule has 1 aromatic rings. The first-order valence-corrected chi connectivity index (χ1v) is 7.06. The first-order chi connectivity index (χ1) is 9.30. The highest BCUT2D eigenvalue weighted by atomic mass is 16.5. The standard InChI is InChI=1S/C15H18BNO2/c17-10-16-12-4-5-13(16)8-15(7-12)19-14-3-1-2-11(6-14)9-18/h1-3,6,12-13,15,18H,4-5,7-9H2/t12-,13+,15?. The normalized spacial score (nSPS) is 29.1. The van der Waals surface area contributed by atoms with Gasteiger partial charge < -0.3 is 9.84 Å². The maximum atomic E-state index is 9.20. The molecule has 0 amide bonds. The third-order valence-electron chi connectivity index (χ3n) is 4.59. The van der Waals surface area contributed by atoms with Gasteiger partial charge in [-0.2, -0.15) is 0 Å². The first kappa shape index (κ1) is 12.6. The van der Waals surface area contributed by atoms with Crippen molar-refractivity contribution in [3.8, 4) is 11.7 Å². The molecule has 4 heteroatoms. The predicted molar refractivity (Wildman–Crippen MR) is 74.1 cm³/mol. The molecule has 3 atom stereocenters. The van der Waals surface area contributed by atoms with Crippen LogP contribution in [0.15, 0.2) is 24.3 Å². The van der Waals surface area contributed by atoms with Crippen LogP contribution >= 0.6 is 0 Å². The zero-order valence-electron chi connectivity index (χ0n) is 11.0. The minimum atomic E-state index is 0.0453. The number of aliphatic hydroxyl groups excluding tert-OH is 1. The van der Waals surface area contributed by atoms with E-state index in [1.165, 1.54) is 12.8 Å². The number of nitrogens with zero attached hydrogens (tertiary/aromatic N) is 1. The average molecular weight is 255 g/mol. The van der Waals surface area contributed by atoms with Crippen LogP contribution < -0.4 is 4.74 Å². The zero-order chi connectivity index (χ0) is 13.2. The summed E-state index contributed by atoms with van der Waals surface area (Å²) in [6.45, 7) is 0.299. The van der Waals surface area contributed by atoms with Crippen LogP contribution in [0.3, 0.4) is 0 Å². The molecule has 2 aliphatic heterocycles. The fourth-order valence-corrected chi connectivity index (χ4v) is 3.69. The van der Waals surface area contributed by atoms with Crippen molar-refractivity contribution >= 4 is 6.71 Å². The molecular weight excluding hydrogens is 237 g/mol. The van der Waals surface area contributed by atoms with E-state index in [9.17, 15) is 5.26 Å². The van der Waals surface area contributed by atoms with Crippen molar-refractivity contribution in [1.82, 2.24) is 0 Å². The van der Waals surface area contributed by atoms with Crippen molar-refractivity contribution in [2.45, 2.75) is 50.0 Å². The van der Waals surface area contributed by atoms with E-state index in [4.69, 9.17) is 9.84 Å². The molecular formula is C15H18BNO2. The summed E-state index contributed by atoms with van der Waals surface area (Å²) < 4.78 is 6.05. The topological polar surface area (TPSA) is 53.2 Å². The number of hydrogen-bond donors (Lipinski definition) is 1. The van der Waals surface area contributed by atoms with Gasteiger partial charge in [0.1, 0.15) is 5.75 Å².